The summed E-state index contributed by atoms with van der Waals surface area (Å²) in [6, 6.07) is 6.35. The minimum atomic E-state index is 0. The highest BCUT2D eigenvalue weighted by atomic mass is 35.5. The van der Waals surface area contributed by atoms with Crippen molar-refractivity contribution in [1.29, 1.82) is 0 Å². The maximum absolute atomic E-state index is 12.0. The minimum absolute atomic E-state index is 0. The lowest BCUT2D eigenvalue weighted by Crippen LogP contribution is -2.41. The van der Waals surface area contributed by atoms with E-state index < -0.39 is 0 Å². The smallest absolute Gasteiger partial charge is 0.224 e. The summed E-state index contributed by atoms with van der Waals surface area (Å²) < 4.78 is 0. The molecule has 0 spiro atoms. The first-order chi connectivity index (χ1) is 9.18. The molecule has 1 aliphatic rings. The van der Waals surface area contributed by atoms with E-state index in [1.807, 2.05) is 0 Å². The average Bonchev–Trinajstić information content (AvgIpc) is 2.43. The zero-order valence-corrected chi connectivity index (χ0v) is 13.2. The molecule has 0 saturated carbocycles. The first kappa shape index (κ1) is 17.0. The second-order valence-corrected chi connectivity index (χ2v) is 5.45. The summed E-state index contributed by atoms with van der Waals surface area (Å²) in [5.74, 6) is 0.366. The number of nitrogens with one attached hydrogen (secondary N) is 2. The maximum Gasteiger partial charge on any atom is 0.224 e. The van der Waals surface area contributed by atoms with Gasteiger partial charge in [0.15, 0.2) is 0 Å². The van der Waals surface area contributed by atoms with Crippen LogP contribution in [0.1, 0.15) is 29.5 Å². The van der Waals surface area contributed by atoms with E-state index in [1.165, 1.54) is 16.7 Å². The van der Waals surface area contributed by atoms with Gasteiger partial charge in [-0.2, -0.15) is 0 Å². The first-order valence-electron chi connectivity index (χ1n) is 7.22. The van der Waals surface area contributed by atoms with Crippen LogP contribution in [-0.4, -0.2) is 25.5 Å². The number of aryl methyl sites for hydroxylation is 2. The Balaban J connectivity index is 0.00000200. The highest BCUT2D eigenvalue weighted by Gasteiger charge is 2.20. The molecule has 1 aromatic rings. The molecule has 0 radical (unpaired) electrons. The Hall–Kier alpha value is -1.06. The van der Waals surface area contributed by atoms with Gasteiger partial charge in [-0.1, -0.05) is 18.2 Å². The Kier molecular flexibility index (Phi) is 7.03. The van der Waals surface area contributed by atoms with E-state index in [-0.39, 0.29) is 24.2 Å². The fourth-order valence-electron chi connectivity index (χ4n) is 2.77. The SMILES string of the molecule is Cc1cccc(C)c1CCNC(=O)C1CCCNC1.Cl. The van der Waals surface area contributed by atoms with Crippen LogP contribution in [0, 0.1) is 19.8 Å². The van der Waals surface area contributed by atoms with E-state index in [9.17, 15) is 4.79 Å². The lowest BCUT2D eigenvalue weighted by Gasteiger charge is -2.22. The molecule has 3 nitrogen and oxygen atoms in total. The molecule has 1 heterocycles. The number of amides is 1. The molecule has 2 rings (SSSR count). The Labute approximate surface area is 127 Å². The number of carbonyl (C=O) groups excluding carboxylic acids is 1. The molecule has 0 bridgehead atoms. The fraction of sp³-hybridized carbons (Fsp3) is 0.562. The molecule has 20 heavy (non-hydrogen) atoms. The maximum atomic E-state index is 12.0. The van der Waals surface area contributed by atoms with Crippen molar-refractivity contribution >= 4 is 18.3 Å². The largest absolute Gasteiger partial charge is 0.355 e. The number of hydrogen-bond acceptors (Lipinski definition) is 2. The van der Waals surface area contributed by atoms with Crippen molar-refractivity contribution < 1.29 is 4.79 Å². The van der Waals surface area contributed by atoms with E-state index in [2.05, 4.69) is 42.7 Å². The van der Waals surface area contributed by atoms with Crippen molar-refractivity contribution in [2.45, 2.75) is 33.1 Å². The normalized spacial score (nSPS) is 18.2. The van der Waals surface area contributed by atoms with Gasteiger partial charge in [-0.25, -0.2) is 0 Å². The van der Waals surface area contributed by atoms with E-state index in [0.717, 1.165) is 38.9 Å². The number of benzene rings is 1. The Morgan fingerprint density at radius 1 is 1.35 bits per heavy atom. The van der Waals surface area contributed by atoms with E-state index in [0.29, 0.717) is 0 Å². The van der Waals surface area contributed by atoms with Crippen LogP contribution >= 0.6 is 12.4 Å². The zero-order chi connectivity index (χ0) is 13.7. The molecule has 4 heteroatoms. The number of carbonyl (C=O) groups is 1. The van der Waals surface area contributed by atoms with Gasteiger partial charge in [0.05, 0.1) is 5.92 Å². The number of piperidine rings is 1. The van der Waals surface area contributed by atoms with Gasteiger partial charge in [-0.15, -0.1) is 12.4 Å². The molecule has 1 fully saturated rings. The summed E-state index contributed by atoms with van der Waals surface area (Å²) in [7, 11) is 0. The van der Waals surface area contributed by atoms with Gasteiger partial charge in [0.2, 0.25) is 5.91 Å². The van der Waals surface area contributed by atoms with Gasteiger partial charge in [0, 0.05) is 13.1 Å². The van der Waals surface area contributed by atoms with Crippen molar-refractivity contribution in [3.8, 4) is 0 Å². The Bertz CT molecular complexity index is 422. The van der Waals surface area contributed by atoms with Crippen molar-refractivity contribution in [2.24, 2.45) is 5.92 Å². The second kappa shape index (κ2) is 8.28. The Morgan fingerprint density at radius 2 is 2.05 bits per heavy atom. The van der Waals surface area contributed by atoms with Crippen LogP contribution in [0.15, 0.2) is 18.2 Å². The molecule has 0 aromatic heterocycles. The van der Waals surface area contributed by atoms with Crippen molar-refractivity contribution in [3.05, 3.63) is 34.9 Å². The molecule has 2 N–H and O–H groups in total. The third-order valence-corrected chi connectivity index (χ3v) is 3.99. The standard InChI is InChI=1S/C16H24N2O.ClH/c1-12-5-3-6-13(2)15(12)8-10-18-16(19)14-7-4-9-17-11-14;/h3,5-6,14,17H,4,7-11H2,1-2H3,(H,18,19);1H. The van der Waals surface area contributed by atoms with Crippen LogP contribution in [-0.2, 0) is 11.2 Å². The zero-order valence-electron chi connectivity index (χ0n) is 12.4. The van der Waals surface area contributed by atoms with Gasteiger partial charge in [0.1, 0.15) is 0 Å². The molecule has 1 aromatic carbocycles. The lowest BCUT2D eigenvalue weighted by atomic mass is 9.98. The van der Waals surface area contributed by atoms with E-state index >= 15 is 0 Å². The van der Waals surface area contributed by atoms with Crippen molar-refractivity contribution in [3.63, 3.8) is 0 Å². The highest BCUT2D eigenvalue weighted by Crippen LogP contribution is 2.14. The molecule has 1 atom stereocenters. The molecule has 1 aliphatic heterocycles. The summed E-state index contributed by atoms with van der Waals surface area (Å²) >= 11 is 0. The van der Waals surface area contributed by atoms with Crippen LogP contribution in [0.25, 0.3) is 0 Å². The topological polar surface area (TPSA) is 41.1 Å². The number of rotatable bonds is 4. The minimum Gasteiger partial charge on any atom is -0.355 e. The molecular weight excluding hydrogens is 272 g/mol. The second-order valence-electron chi connectivity index (χ2n) is 5.45. The van der Waals surface area contributed by atoms with Gasteiger partial charge in [-0.3, -0.25) is 4.79 Å². The number of halogens is 1. The third kappa shape index (κ3) is 4.50. The van der Waals surface area contributed by atoms with Crippen LogP contribution in [0.2, 0.25) is 0 Å². The molecule has 1 amide bonds. The van der Waals surface area contributed by atoms with Crippen molar-refractivity contribution in [2.75, 3.05) is 19.6 Å². The van der Waals surface area contributed by atoms with Gasteiger partial charge in [0.25, 0.3) is 0 Å². The summed E-state index contributed by atoms with van der Waals surface area (Å²) in [5, 5.41) is 6.36. The summed E-state index contributed by atoms with van der Waals surface area (Å²) in [6.45, 7) is 6.88. The van der Waals surface area contributed by atoms with E-state index in [4.69, 9.17) is 0 Å². The fourth-order valence-corrected chi connectivity index (χ4v) is 2.77. The molecular formula is C16H25ClN2O. The highest BCUT2D eigenvalue weighted by molar-refractivity contribution is 5.85. The summed E-state index contributed by atoms with van der Waals surface area (Å²) in [5.41, 5.74) is 3.99. The third-order valence-electron chi connectivity index (χ3n) is 3.99. The van der Waals surface area contributed by atoms with Gasteiger partial charge < -0.3 is 10.6 Å². The molecule has 1 saturated heterocycles. The predicted molar refractivity (Wildman–Crippen MR) is 85.5 cm³/mol. The summed E-state index contributed by atoms with van der Waals surface area (Å²) in [4.78, 5) is 12.0. The van der Waals surface area contributed by atoms with Gasteiger partial charge >= 0.3 is 0 Å². The van der Waals surface area contributed by atoms with Crippen molar-refractivity contribution in [1.82, 2.24) is 10.6 Å². The van der Waals surface area contributed by atoms with Crippen LogP contribution in [0.3, 0.4) is 0 Å². The van der Waals surface area contributed by atoms with Crippen LogP contribution < -0.4 is 10.6 Å². The Morgan fingerprint density at radius 3 is 2.65 bits per heavy atom. The molecule has 0 aliphatic carbocycles. The molecule has 1 unspecified atom stereocenters. The average molecular weight is 297 g/mol. The van der Waals surface area contributed by atoms with Crippen LogP contribution in [0.5, 0.6) is 0 Å². The predicted octanol–water partition coefficient (Wildman–Crippen LogP) is 2.38. The monoisotopic (exact) mass is 296 g/mol. The lowest BCUT2D eigenvalue weighted by molar-refractivity contribution is -0.125. The first-order valence-corrected chi connectivity index (χ1v) is 7.22. The summed E-state index contributed by atoms with van der Waals surface area (Å²) in [6.07, 6.45) is 3.04. The molecule has 112 valence electrons. The van der Waals surface area contributed by atoms with E-state index in [1.54, 1.807) is 0 Å². The quantitative estimate of drug-likeness (QED) is 0.896. The number of hydrogen-bond donors (Lipinski definition) is 2. The van der Waals surface area contributed by atoms with Crippen LogP contribution in [0.4, 0.5) is 0 Å². The van der Waals surface area contributed by atoms with Gasteiger partial charge in [-0.05, 0) is 56.3 Å².